The Balaban J connectivity index is 2.73. The van der Waals surface area contributed by atoms with Crippen LogP contribution in [0.5, 0.6) is 0 Å². The lowest BCUT2D eigenvalue weighted by Gasteiger charge is -2.14. The van der Waals surface area contributed by atoms with Crippen LogP contribution in [0.15, 0.2) is 4.47 Å². The molecule has 0 saturated carbocycles. The molecule has 0 saturated heterocycles. The van der Waals surface area contributed by atoms with Crippen molar-refractivity contribution in [1.29, 1.82) is 0 Å². The third kappa shape index (κ3) is 3.48. The van der Waals surface area contributed by atoms with Gasteiger partial charge in [-0.2, -0.15) is 18.3 Å². The van der Waals surface area contributed by atoms with E-state index in [4.69, 9.17) is 5.73 Å². The molecule has 1 rings (SSSR count). The smallest absolute Gasteiger partial charge is 0.327 e. The molecule has 0 amide bonds. The molecule has 2 N–H and O–H groups in total. The first-order chi connectivity index (χ1) is 7.20. The fourth-order valence-electron chi connectivity index (χ4n) is 1.52. The van der Waals surface area contributed by atoms with Crippen LogP contribution < -0.4 is 5.73 Å². The van der Waals surface area contributed by atoms with E-state index in [1.54, 1.807) is 18.7 Å². The first kappa shape index (κ1) is 13.5. The van der Waals surface area contributed by atoms with E-state index in [1.807, 2.05) is 0 Å². The molecule has 16 heavy (non-hydrogen) atoms. The molecule has 92 valence electrons. The number of aromatic nitrogens is 2. The Bertz CT molecular complexity index is 373. The quantitative estimate of drug-likeness (QED) is 0.931. The molecule has 0 aliphatic heterocycles. The standard InChI is InChI=1S/C9H13BrF3N3/c1-5-8(10)7(16(2)15-5)3-6(14)4-9(11,12)13/h6H,3-4,14H2,1-2H3. The summed E-state index contributed by atoms with van der Waals surface area (Å²) in [4.78, 5) is 0. The van der Waals surface area contributed by atoms with Gasteiger partial charge in [0.2, 0.25) is 0 Å². The molecule has 0 radical (unpaired) electrons. The summed E-state index contributed by atoms with van der Waals surface area (Å²) in [6.45, 7) is 1.78. The van der Waals surface area contributed by atoms with E-state index in [2.05, 4.69) is 21.0 Å². The van der Waals surface area contributed by atoms with E-state index >= 15 is 0 Å². The van der Waals surface area contributed by atoms with Crippen LogP contribution >= 0.6 is 15.9 Å². The van der Waals surface area contributed by atoms with E-state index in [1.165, 1.54) is 0 Å². The van der Waals surface area contributed by atoms with Crippen molar-refractivity contribution < 1.29 is 13.2 Å². The molecule has 0 aliphatic carbocycles. The van der Waals surface area contributed by atoms with Crippen LogP contribution in [0, 0.1) is 6.92 Å². The van der Waals surface area contributed by atoms with Gasteiger partial charge in [0, 0.05) is 19.5 Å². The molecule has 1 heterocycles. The van der Waals surface area contributed by atoms with Gasteiger partial charge in [0.15, 0.2) is 0 Å². The second-order valence-corrected chi connectivity index (χ2v) is 4.55. The van der Waals surface area contributed by atoms with E-state index in [9.17, 15) is 13.2 Å². The second-order valence-electron chi connectivity index (χ2n) is 3.75. The van der Waals surface area contributed by atoms with Crippen LogP contribution in [0.2, 0.25) is 0 Å². The second kappa shape index (κ2) is 4.75. The SMILES string of the molecule is Cc1nn(C)c(CC(N)CC(F)(F)F)c1Br. The summed E-state index contributed by atoms with van der Waals surface area (Å²) in [6.07, 6.45) is -5.05. The van der Waals surface area contributed by atoms with Gasteiger partial charge in [-0.25, -0.2) is 0 Å². The minimum Gasteiger partial charge on any atom is -0.327 e. The van der Waals surface area contributed by atoms with E-state index in [0.717, 1.165) is 10.2 Å². The van der Waals surface area contributed by atoms with Crippen LogP contribution in [-0.2, 0) is 13.5 Å². The molecular formula is C9H13BrF3N3. The Hall–Kier alpha value is -0.560. The number of aryl methyl sites for hydroxylation is 2. The molecule has 1 unspecified atom stereocenters. The summed E-state index contributed by atoms with van der Waals surface area (Å²) in [5, 5.41) is 4.09. The fourth-order valence-corrected chi connectivity index (χ4v) is 2.02. The van der Waals surface area contributed by atoms with Crippen molar-refractivity contribution in [3.63, 3.8) is 0 Å². The van der Waals surface area contributed by atoms with Crippen molar-refractivity contribution in [2.45, 2.75) is 32.0 Å². The molecule has 0 spiro atoms. The highest BCUT2D eigenvalue weighted by atomic mass is 79.9. The maximum atomic E-state index is 12.1. The predicted molar refractivity (Wildman–Crippen MR) is 58.0 cm³/mol. The third-order valence-corrected chi connectivity index (χ3v) is 3.24. The fraction of sp³-hybridized carbons (Fsp3) is 0.667. The lowest BCUT2D eigenvalue weighted by Crippen LogP contribution is -2.30. The van der Waals surface area contributed by atoms with Crippen molar-refractivity contribution >= 4 is 15.9 Å². The van der Waals surface area contributed by atoms with Gasteiger partial charge in [0.25, 0.3) is 0 Å². The first-order valence-electron chi connectivity index (χ1n) is 4.71. The predicted octanol–water partition coefficient (Wildman–Crippen LogP) is 2.31. The van der Waals surface area contributed by atoms with E-state index < -0.39 is 18.6 Å². The van der Waals surface area contributed by atoms with Gasteiger partial charge in [0.05, 0.1) is 22.3 Å². The number of halogens is 4. The normalized spacial score (nSPS) is 14.2. The first-order valence-corrected chi connectivity index (χ1v) is 5.50. The number of nitrogens with zero attached hydrogens (tertiary/aromatic N) is 2. The van der Waals surface area contributed by atoms with Gasteiger partial charge < -0.3 is 5.73 Å². The van der Waals surface area contributed by atoms with Gasteiger partial charge in [-0.1, -0.05) is 0 Å². The monoisotopic (exact) mass is 299 g/mol. The Kier molecular flexibility index (Phi) is 4.01. The summed E-state index contributed by atoms with van der Waals surface area (Å²) in [7, 11) is 1.69. The summed E-state index contributed by atoms with van der Waals surface area (Å²) in [5.74, 6) is 0. The van der Waals surface area contributed by atoms with Crippen LogP contribution in [0.1, 0.15) is 17.8 Å². The topological polar surface area (TPSA) is 43.8 Å². The van der Waals surface area contributed by atoms with Crippen molar-refractivity contribution in [1.82, 2.24) is 9.78 Å². The zero-order valence-electron chi connectivity index (χ0n) is 8.98. The van der Waals surface area contributed by atoms with Crippen molar-refractivity contribution in [2.24, 2.45) is 12.8 Å². The molecule has 1 aromatic heterocycles. The Morgan fingerprint density at radius 3 is 2.44 bits per heavy atom. The van der Waals surface area contributed by atoms with Gasteiger partial charge in [-0.3, -0.25) is 4.68 Å². The number of hydrogen-bond acceptors (Lipinski definition) is 2. The zero-order valence-corrected chi connectivity index (χ0v) is 10.6. The highest BCUT2D eigenvalue weighted by Gasteiger charge is 2.31. The maximum Gasteiger partial charge on any atom is 0.390 e. The van der Waals surface area contributed by atoms with Gasteiger partial charge in [-0.15, -0.1) is 0 Å². The molecule has 7 heteroatoms. The molecule has 1 atom stereocenters. The minimum absolute atomic E-state index is 0.150. The maximum absolute atomic E-state index is 12.1. The van der Waals surface area contributed by atoms with Crippen LogP contribution in [0.3, 0.4) is 0 Å². The number of alkyl halides is 3. The number of rotatable bonds is 3. The average molecular weight is 300 g/mol. The number of hydrogen-bond donors (Lipinski definition) is 1. The molecular weight excluding hydrogens is 287 g/mol. The lowest BCUT2D eigenvalue weighted by molar-refractivity contribution is -0.138. The highest BCUT2D eigenvalue weighted by Crippen LogP contribution is 2.25. The largest absolute Gasteiger partial charge is 0.390 e. The summed E-state index contributed by atoms with van der Waals surface area (Å²) >= 11 is 3.29. The average Bonchev–Trinajstić information content (AvgIpc) is 2.29. The van der Waals surface area contributed by atoms with Crippen LogP contribution in [-0.4, -0.2) is 22.0 Å². The van der Waals surface area contributed by atoms with Crippen LogP contribution in [0.25, 0.3) is 0 Å². The van der Waals surface area contributed by atoms with E-state index in [-0.39, 0.29) is 6.42 Å². The molecule has 0 fully saturated rings. The third-order valence-electron chi connectivity index (χ3n) is 2.21. The molecule has 3 nitrogen and oxygen atoms in total. The van der Waals surface area contributed by atoms with Gasteiger partial charge in [-0.05, 0) is 22.9 Å². The van der Waals surface area contributed by atoms with Crippen molar-refractivity contribution in [2.75, 3.05) is 0 Å². The van der Waals surface area contributed by atoms with Gasteiger partial charge in [0.1, 0.15) is 0 Å². The minimum atomic E-state index is -4.22. The summed E-state index contributed by atoms with van der Waals surface area (Å²) in [6, 6.07) is -0.939. The highest BCUT2D eigenvalue weighted by molar-refractivity contribution is 9.10. The van der Waals surface area contributed by atoms with Crippen molar-refractivity contribution in [3.05, 3.63) is 15.9 Å². The molecule has 0 aliphatic rings. The zero-order chi connectivity index (χ0) is 12.5. The Morgan fingerprint density at radius 2 is 2.06 bits per heavy atom. The summed E-state index contributed by atoms with van der Waals surface area (Å²) in [5.41, 5.74) is 6.89. The Morgan fingerprint density at radius 1 is 1.50 bits per heavy atom. The van der Waals surface area contributed by atoms with Crippen molar-refractivity contribution in [3.8, 4) is 0 Å². The Labute approximate surface area is 99.9 Å². The molecule has 0 aromatic carbocycles. The molecule has 1 aromatic rings. The number of nitrogens with two attached hydrogens (primary N) is 1. The molecule has 0 bridgehead atoms. The van der Waals surface area contributed by atoms with Crippen LogP contribution in [0.4, 0.5) is 13.2 Å². The van der Waals surface area contributed by atoms with Gasteiger partial charge >= 0.3 is 6.18 Å². The lowest BCUT2D eigenvalue weighted by atomic mass is 10.1. The van der Waals surface area contributed by atoms with E-state index in [0.29, 0.717) is 5.69 Å². The summed E-state index contributed by atoms with van der Waals surface area (Å²) < 4.78 is 38.6.